The van der Waals surface area contributed by atoms with Crippen molar-refractivity contribution in [1.29, 1.82) is 0 Å². The third kappa shape index (κ3) is 2.29. The average molecular weight is 274 g/mol. The summed E-state index contributed by atoms with van der Waals surface area (Å²) in [6.07, 6.45) is 3.52. The van der Waals surface area contributed by atoms with Crippen LogP contribution < -0.4 is 10.6 Å². The van der Waals surface area contributed by atoms with E-state index in [0.717, 1.165) is 30.5 Å². The Kier molecular flexibility index (Phi) is 3.22. The van der Waals surface area contributed by atoms with Gasteiger partial charge in [0.1, 0.15) is 0 Å². The van der Waals surface area contributed by atoms with Gasteiger partial charge in [-0.1, -0.05) is 6.07 Å². The summed E-state index contributed by atoms with van der Waals surface area (Å²) in [5, 5.41) is 5.67. The lowest BCUT2D eigenvalue weighted by Crippen LogP contribution is -2.49. The zero-order valence-corrected chi connectivity index (χ0v) is 11.5. The van der Waals surface area contributed by atoms with E-state index >= 15 is 0 Å². The van der Waals surface area contributed by atoms with Crippen LogP contribution >= 0.6 is 0 Å². The van der Waals surface area contributed by atoms with E-state index in [9.17, 15) is 9.59 Å². The molecule has 2 amide bonds. The maximum absolute atomic E-state index is 12.1. The van der Waals surface area contributed by atoms with Crippen molar-refractivity contribution in [3.05, 3.63) is 29.3 Å². The standard InChI is InChI=1S/C15H18N2O3/c1-20-15(5-2-6-15)9-16-14(19)11-4-3-10-8-13(18)17-12(10)7-11/h3-4,7H,2,5-6,8-9H2,1H3,(H,16,19)(H,17,18). The van der Waals surface area contributed by atoms with Crippen LogP contribution in [0.1, 0.15) is 35.2 Å². The second-order valence-electron chi connectivity index (χ2n) is 5.52. The van der Waals surface area contributed by atoms with Gasteiger partial charge in [0.05, 0.1) is 12.0 Å². The van der Waals surface area contributed by atoms with Gasteiger partial charge in [-0.3, -0.25) is 9.59 Å². The Morgan fingerprint density at radius 2 is 2.25 bits per heavy atom. The van der Waals surface area contributed by atoms with Crippen molar-refractivity contribution in [3.8, 4) is 0 Å². The minimum absolute atomic E-state index is 0.0228. The Bertz CT molecular complexity index is 559. The average Bonchev–Trinajstić information content (AvgIpc) is 2.76. The predicted octanol–water partition coefficient (Wildman–Crippen LogP) is 1.48. The van der Waals surface area contributed by atoms with Crippen molar-refractivity contribution in [3.63, 3.8) is 0 Å². The number of rotatable bonds is 4. The van der Waals surface area contributed by atoms with Crippen molar-refractivity contribution in [2.24, 2.45) is 0 Å². The molecule has 1 heterocycles. The van der Waals surface area contributed by atoms with Crippen molar-refractivity contribution in [1.82, 2.24) is 5.32 Å². The van der Waals surface area contributed by atoms with Crippen LogP contribution in [0.4, 0.5) is 5.69 Å². The summed E-state index contributed by atoms with van der Waals surface area (Å²) < 4.78 is 5.48. The number of methoxy groups -OCH3 is 1. The Labute approximate surface area is 117 Å². The second-order valence-corrected chi connectivity index (χ2v) is 5.52. The third-order valence-electron chi connectivity index (χ3n) is 4.27. The molecule has 0 aromatic heterocycles. The van der Waals surface area contributed by atoms with Crippen LogP contribution in [0.25, 0.3) is 0 Å². The molecular weight excluding hydrogens is 256 g/mol. The minimum Gasteiger partial charge on any atom is -0.376 e. The van der Waals surface area contributed by atoms with Gasteiger partial charge in [-0.15, -0.1) is 0 Å². The highest BCUT2D eigenvalue weighted by atomic mass is 16.5. The van der Waals surface area contributed by atoms with E-state index in [2.05, 4.69) is 10.6 Å². The molecule has 2 N–H and O–H groups in total. The van der Waals surface area contributed by atoms with Gasteiger partial charge in [0.2, 0.25) is 5.91 Å². The molecule has 1 saturated carbocycles. The fourth-order valence-corrected chi connectivity index (χ4v) is 2.72. The highest BCUT2D eigenvalue weighted by Gasteiger charge is 2.37. The van der Waals surface area contributed by atoms with Gasteiger partial charge in [-0.05, 0) is 37.0 Å². The van der Waals surface area contributed by atoms with Gasteiger partial charge in [-0.2, -0.15) is 0 Å². The molecule has 106 valence electrons. The number of hydrogen-bond acceptors (Lipinski definition) is 3. The predicted molar refractivity (Wildman–Crippen MR) is 74.7 cm³/mol. The summed E-state index contributed by atoms with van der Waals surface area (Å²) >= 11 is 0. The summed E-state index contributed by atoms with van der Waals surface area (Å²) in [4.78, 5) is 23.4. The molecule has 2 aliphatic rings. The Morgan fingerprint density at radius 3 is 2.90 bits per heavy atom. The molecule has 5 heteroatoms. The number of amides is 2. The van der Waals surface area contributed by atoms with Gasteiger partial charge >= 0.3 is 0 Å². The topological polar surface area (TPSA) is 67.4 Å². The van der Waals surface area contributed by atoms with Crippen LogP contribution in [0, 0.1) is 0 Å². The SMILES string of the molecule is COC1(CNC(=O)c2ccc3c(c2)NC(=O)C3)CCC1. The number of nitrogens with one attached hydrogen (secondary N) is 2. The summed E-state index contributed by atoms with van der Waals surface area (Å²) in [6.45, 7) is 0.534. The molecule has 3 rings (SSSR count). The molecule has 1 aliphatic heterocycles. The van der Waals surface area contributed by atoms with E-state index < -0.39 is 0 Å². The lowest BCUT2D eigenvalue weighted by atomic mass is 9.80. The highest BCUT2D eigenvalue weighted by Crippen LogP contribution is 2.34. The molecule has 0 unspecified atom stereocenters. The molecule has 0 spiro atoms. The monoisotopic (exact) mass is 274 g/mol. The lowest BCUT2D eigenvalue weighted by Gasteiger charge is -2.40. The molecule has 0 saturated heterocycles. The van der Waals surface area contributed by atoms with Gasteiger partial charge in [0, 0.05) is 24.9 Å². The van der Waals surface area contributed by atoms with E-state index in [-0.39, 0.29) is 17.4 Å². The Morgan fingerprint density at radius 1 is 1.45 bits per heavy atom. The van der Waals surface area contributed by atoms with Crippen molar-refractivity contribution < 1.29 is 14.3 Å². The molecule has 5 nitrogen and oxygen atoms in total. The van der Waals surface area contributed by atoms with Crippen molar-refractivity contribution >= 4 is 17.5 Å². The maximum atomic E-state index is 12.1. The molecule has 0 radical (unpaired) electrons. The first-order valence-electron chi connectivity index (χ1n) is 6.88. The Hall–Kier alpha value is -1.88. The zero-order valence-electron chi connectivity index (χ0n) is 11.5. The minimum atomic E-state index is -0.180. The molecular formula is C15H18N2O3. The number of carbonyl (C=O) groups is 2. The van der Waals surface area contributed by atoms with Gasteiger partial charge < -0.3 is 15.4 Å². The molecule has 20 heavy (non-hydrogen) atoms. The zero-order chi connectivity index (χ0) is 14.2. The molecule has 0 atom stereocenters. The summed E-state index contributed by atoms with van der Waals surface area (Å²) in [5.41, 5.74) is 2.07. The lowest BCUT2D eigenvalue weighted by molar-refractivity contribution is -0.115. The third-order valence-corrected chi connectivity index (χ3v) is 4.27. The van der Waals surface area contributed by atoms with E-state index in [4.69, 9.17) is 4.74 Å². The normalized spacial score (nSPS) is 18.9. The van der Waals surface area contributed by atoms with Gasteiger partial charge in [0.15, 0.2) is 0 Å². The summed E-state index contributed by atoms with van der Waals surface area (Å²) in [6, 6.07) is 5.32. The second kappa shape index (κ2) is 4.90. The van der Waals surface area contributed by atoms with E-state index in [0.29, 0.717) is 18.5 Å². The first-order chi connectivity index (χ1) is 9.62. The number of benzene rings is 1. The number of fused-ring (bicyclic) bond motifs is 1. The summed E-state index contributed by atoms with van der Waals surface area (Å²) in [5.74, 6) is -0.150. The smallest absolute Gasteiger partial charge is 0.251 e. The number of carbonyl (C=O) groups excluding carboxylic acids is 2. The van der Waals surface area contributed by atoms with Gasteiger partial charge in [0.25, 0.3) is 5.91 Å². The molecule has 1 aliphatic carbocycles. The van der Waals surface area contributed by atoms with Crippen LogP contribution in [0.5, 0.6) is 0 Å². The fraction of sp³-hybridized carbons (Fsp3) is 0.467. The van der Waals surface area contributed by atoms with E-state index in [1.54, 1.807) is 19.2 Å². The van der Waals surface area contributed by atoms with Crippen molar-refractivity contribution in [2.75, 3.05) is 19.0 Å². The van der Waals surface area contributed by atoms with Crippen LogP contribution in [0.2, 0.25) is 0 Å². The first kappa shape index (κ1) is 13.1. The van der Waals surface area contributed by atoms with Crippen LogP contribution in [0.15, 0.2) is 18.2 Å². The van der Waals surface area contributed by atoms with Crippen LogP contribution in [-0.4, -0.2) is 31.1 Å². The highest BCUT2D eigenvalue weighted by molar-refractivity contribution is 6.02. The van der Waals surface area contributed by atoms with Gasteiger partial charge in [-0.25, -0.2) is 0 Å². The summed E-state index contributed by atoms with van der Waals surface area (Å²) in [7, 11) is 1.69. The quantitative estimate of drug-likeness (QED) is 0.874. The van der Waals surface area contributed by atoms with Crippen LogP contribution in [0.3, 0.4) is 0 Å². The molecule has 1 aromatic carbocycles. The number of ether oxygens (including phenoxy) is 1. The molecule has 0 bridgehead atoms. The molecule has 1 fully saturated rings. The first-order valence-corrected chi connectivity index (χ1v) is 6.88. The number of hydrogen-bond donors (Lipinski definition) is 2. The largest absolute Gasteiger partial charge is 0.376 e. The molecule has 1 aromatic rings. The number of anilines is 1. The van der Waals surface area contributed by atoms with E-state index in [1.165, 1.54) is 0 Å². The van der Waals surface area contributed by atoms with Crippen LogP contribution in [-0.2, 0) is 16.0 Å². The maximum Gasteiger partial charge on any atom is 0.251 e. The van der Waals surface area contributed by atoms with E-state index in [1.807, 2.05) is 6.07 Å². The Balaban J connectivity index is 1.66. The fourth-order valence-electron chi connectivity index (χ4n) is 2.72. The van der Waals surface area contributed by atoms with Crippen molar-refractivity contribution in [2.45, 2.75) is 31.3 Å².